The van der Waals surface area contributed by atoms with E-state index in [1.807, 2.05) is 18.2 Å². The number of hydrogen-bond donors (Lipinski definition) is 3. The largest absolute Gasteiger partial charge is 0.480 e. The first kappa shape index (κ1) is 11.2. The zero-order valence-electron chi connectivity index (χ0n) is 8.62. The predicted octanol–water partition coefficient (Wildman–Crippen LogP) is 2.28. The minimum absolute atomic E-state index is 0.685. The molecule has 0 aliphatic rings. The van der Waals surface area contributed by atoms with Crippen molar-refractivity contribution in [2.24, 2.45) is 0 Å². The molecule has 0 spiro atoms. The van der Waals surface area contributed by atoms with Gasteiger partial charge in [0, 0.05) is 27.1 Å². The normalized spacial score (nSPS) is 12.9. The van der Waals surface area contributed by atoms with Gasteiger partial charge in [-0.15, -0.1) is 0 Å². The average molecular weight is 283 g/mol. The number of benzene rings is 1. The quantitative estimate of drug-likeness (QED) is 0.809. The van der Waals surface area contributed by atoms with Crippen molar-refractivity contribution < 1.29 is 9.90 Å². The van der Waals surface area contributed by atoms with Crippen LogP contribution in [-0.2, 0) is 4.79 Å². The monoisotopic (exact) mass is 282 g/mol. The summed E-state index contributed by atoms with van der Waals surface area (Å²) in [7, 11) is 1.64. The van der Waals surface area contributed by atoms with Crippen LogP contribution in [0.15, 0.2) is 28.9 Å². The number of carboxylic acids is 1. The molecule has 1 aromatic carbocycles. The van der Waals surface area contributed by atoms with Crippen molar-refractivity contribution in [3.63, 3.8) is 0 Å². The molecule has 1 aromatic heterocycles. The summed E-state index contributed by atoms with van der Waals surface area (Å²) >= 11 is 3.37. The van der Waals surface area contributed by atoms with Gasteiger partial charge in [0.05, 0.1) is 0 Å². The SMILES string of the molecule is CNC(C(=O)O)c1c[nH]c2cc(Br)ccc12. The lowest BCUT2D eigenvalue weighted by Crippen LogP contribution is -2.24. The number of aromatic nitrogens is 1. The van der Waals surface area contributed by atoms with Gasteiger partial charge in [0.15, 0.2) is 0 Å². The van der Waals surface area contributed by atoms with E-state index >= 15 is 0 Å². The highest BCUT2D eigenvalue weighted by atomic mass is 79.9. The van der Waals surface area contributed by atoms with Gasteiger partial charge < -0.3 is 15.4 Å². The first-order chi connectivity index (χ1) is 7.63. The van der Waals surface area contributed by atoms with Crippen molar-refractivity contribution in [1.29, 1.82) is 0 Å². The number of H-pyrrole nitrogens is 1. The van der Waals surface area contributed by atoms with Gasteiger partial charge in [-0.1, -0.05) is 22.0 Å². The van der Waals surface area contributed by atoms with Gasteiger partial charge in [-0.2, -0.15) is 0 Å². The molecule has 3 N–H and O–H groups in total. The van der Waals surface area contributed by atoms with E-state index < -0.39 is 12.0 Å². The van der Waals surface area contributed by atoms with Crippen LogP contribution in [0.4, 0.5) is 0 Å². The Balaban J connectivity index is 2.57. The highest BCUT2D eigenvalue weighted by molar-refractivity contribution is 9.10. The number of carboxylic acid groups (broad SMARTS) is 1. The summed E-state index contributed by atoms with van der Waals surface area (Å²) in [5.41, 5.74) is 1.67. The van der Waals surface area contributed by atoms with Gasteiger partial charge in [0.2, 0.25) is 0 Å². The third kappa shape index (κ3) is 1.83. The molecule has 0 saturated heterocycles. The maximum Gasteiger partial charge on any atom is 0.325 e. The molecule has 84 valence electrons. The van der Waals surface area contributed by atoms with Crippen LogP contribution >= 0.6 is 15.9 Å². The lowest BCUT2D eigenvalue weighted by Gasteiger charge is -2.09. The van der Waals surface area contributed by atoms with E-state index in [1.165, 1.54) is 0 Å². The first-order valence-electron chi connectivity index (χ1n) is 4.80. The van der Waals surface area contributed by atoms with Crippen LogP contribution in [0.3, 0.4) is 0 Å². The number of aliphatic carboxylic acids is 1. The summed E-state index contributed by atoms with van der Waals surface area (Å²) in [6.07, 6.45) is 1.73. The van der Waals surface area contributed by atoms with Gasteiger partial charge in [-0.05, 0) is 19.2 Å². The topological polar surface area (TPSA) is 65.1 Å². The molecule has 1 unspecified atom stereocenters. The second kappa shape index (κ2) is 4.27. The number of carbonyl (C=O) groups is 1. The number of halogens is 1. The zero-order chi connectivity index (χ0) is 11.7. The average Bonchev–Trinajstić information content (AvgIpc) is 2.62. The molecule has 1 heterocycles. The highest BCUT2D eigenvalue weighted by Crippen LogP contribution is 2.26. The number of likely N-dealkylation sites (N-methyl/N-ethyl adjacent to an activating group) is 1. The maximum atomic E-state index is 11.1. The summed E-state index contributed by atoms with van der Waals surface area (Å²) in [6.45, 7) is 0. The second-order valence-electron chi connectivity index (χ2n) is 3.49. The molecule has 0 aliphatic carbocycles. The second-order valence-corrected chi connectivity index (χ2v) is 4.41. The van der Waals surface area contributed by atoms with Crippen molar-refractivity contribution in [2.75, 3.05) is 7.05 Å². The fraction of sp³-hybridized carbons (Fsp3) is 0.182. The number of rotatable bonds is 3. The zero-order valence-corrected chi connectivity index (χ0v) is 10.2. The summed E-state index contributed by atoms with van der Waals surface area (Å²) in [6, 6.07) is 5.04. The Bertz CT molecular complexity index is 536. The highest BCUT2D eigenvalue weighted by Gasteiger charge is 2.20. The van der Waals surface area contributed by atoms with Crippen LogP contribution in [-0.4, -0.2) is 23.1 Å². The molecular weight excluding hydrogens is 272 g/mol. The molecule has 4 nitrogen and oxygen atoms in total. The number of hydrogen-bond acceptors (Lipinski definition) is 2. The number of fused-ring (bicyclic) bond motifs is 1. The Kier molecular flexibility index (Phi) is 2.98. The van der Waals surface area contributed by atoms with Crippen LogP contribution < -0.4 is 5.32 Å². The third-order valence-electron chi connectivity index (χ3n) is 2.52. The number of nitrogens with one attached hydrogen (secondary N) is 2. The van der Waals surface area contributed by atoms with Crippen LogP contribution in [0.5, 0.6) is 0 Å². The smallest absolute Gasteiger partial charge is 0.325 e. The third-order valence-corrected chi connectivity index (χ3v) is 3.02. The van der Waals surface area contributed by atoms with Crippen molar-refractivity contribution >= 4 is 32.8 Å². The summed E-state index contributed by atoms with van der Waals surface area (Å²) < 4.78 is 0.963. The van der Waals surface area contributed by atoms with E-state index in [1.54, 1.807) is 13.2 Å². The van der Waals surface area contributed by atoms with Crippen molar-refractivity contribution in [2.45, 2.75) is 6.04 Å². The molecule has 2 aromatic rings. The fourth-order valence-corrected chi connectivity index (χ4v) is 2.13. The molecule has 16 heavy (non-hydrogen) atoms. The molecule has 0 fully saturated rings. The van der Waals surface area contributed by atoms with E-state index in [0.29, 0.717) is 0 Å². The van der Waals surface area contributed by atoms with Crippen LogP contribution in [0, 0.1) is 0 Å². The minimum Gasteiger partial charge on any atom is -0.480 e. The molecule has 0 aliphatic heterocycles. The molecular formula is C11H11BrN2O2. The Morgan fingerprint density at radius 1 is 1.56 bits per heavy atom. The van der Waals surface area contributed by atoms with Gasteiger partial charge in [0.25, 0.3) is 0 Å². The van der Waals surface area contributed by atoms with Crippen LogP contribution in [0.2, 0.25) is 0 Å². The van der Waals surface area contributed by atoms with Crippen LogP contribution in [0.1, 0.15) is 11.6 Å². The fourth-order valence-electron chi connectivity index (χ4n) is 1.77. The molecule has 1 atom stereocenters. The van der Waals surface area contributed by atoms with Crippen molar-refractivity contribution in [3.05, 3.63) is 34.4 Å². The Morgan fingerprint density at radius 3 is 2.94 bits per heavy atom. The molecule has 0 bridgehead atoms. The molecule has 0 saturated carbocycles. The van der Waals surface area contributed by atoms with Crippen molar-refractivity contribution in [1.82, 2.24) is 10.3 Å². The van der Waals surface area contributed by atoms with Gasteiger partial charge in [0.1, 0.15) is 6.04 Å². The van der Waals surface area contributed by atoms with E-state index in [0.717, 1.165) is 20.9 Å². The molecule has 5 heteroatoms. The van der Waals surface area contributed by atoms with Gasteiger partial charge >= 0.3 is 5.97 Å². The van der Waals surface area contributed by atoms with Gasteiger partial charge in [-0.3, -0.25) is 4.79 Å². The summed E-state index contributed by atoms with van der Waals surface area (Å²) in [5.74, 6) is -0.883. The van der Waals surface area contributed by atoms with E-state index in [-0.39, 0.29) is 0 Å². The van der Waals surface area contributed by atoms with Crippen LogP contribution in [0.25, 0.3) is 10.9 Å². The predicted molar refractivity (Wildman–Crippen MR) is 65.4 cm³/mol. The van der Waals surface area contributed by atoms with E-state index in [9.17, 15) is 4.79 Å². The Hall–Kier alpha value is -1.33. The Labute approximate surface area is 101 Å². The van der Waals surface area contributed by atoms with Gasteiger partial charge in [-0.25, -0.2) is 0 Å². The standard InChI is InChI=1S/C11H11BrN2O2/c1-13-10(11(15)16)8-5-14-9-4-6(12)2-3-7(8)9/h2-5,10,13-14H,1H3,(H,15,16). The summed E-state index contributed by atoms with van der Waals surface area (Å²) in [5, 5.41) is 12.8. The molecule has 0 amide bonds. The lowest BCUT2D eigenvalue weighted by atomic mass is 10.1. The van der Waals surface area contributed by atoms with E-state index in [4.69, 9.17) is 5.11 Å². The first-order valence-corrected chi connectivity index (χ1v) is 5.59. The number of aromatic amines is 1. The summed E-state index contributed by atoms with van der Waals surface area (Å²) in [4.78, 5) is 14.1. The van der Waals surface area contributed by atoms with E-state index in [2.05, 4.69) is 26.2 Å². The maximum absolute atomic E-state index is 11.1. The molecule has 2 rings (SSSR count). The Morgan fingerprint density at radius 2 is 2.31 bits per heavy atom. The lowest BCUT2D eigenvalue weighted by molar-refractivity contribution is -0.139. The minimum atomic E-state index is -0.883. The molecule has 0 radical (unpaired) electrons. The van der Waals surface area contributed by atoms with Crippen molar-refractivity contribution in [3.8, 4) is 0 Å².